The third-order valence-electron chi connectivity index (χ3n) is 3.83. The molecule has 1 aromatic heterocycles. The van der Waals surface area contributed by atoms with Crippen molar-refractivity contribution in [1.82, 2.24) is 9.97 Å². The summed E-state index contributed by atoms with van der Waals surface area (Å²) in [5.74, 6) is 8.37. The summed E-state index contributed by atoms with van der Waals surface area (Å²) in [6, 6.07) is 2.35. The summed E-state index contributed by atoms with van der Waals surface area (Å²) in [5, 5.41) is 4.24. The second kappa shape index (κ2) is 5.75. The Bertz CT molecular complexity index is 389. The molecular formula is C12H21N5S. The molecule has 0 aromatic carbocycles. The quantitative estimate of drug-likeness (QED) is 0.336. The van der Waals surface area contributed by atoms with Gasteiger partial charge in [-0.25, -0.2) is 15.8 Å². The number of hydrazine groups is 1. The van der Waals surface area contributed by atoms with Crippen molar-refractivity contribution in [3.63, 3.8) is 0 Å². The largest absolute Gasteiger partial charge is 0.367 e. The molecule has 0 spiro atoms. The van der Waals surface area contributed by atoms with E-state index >= 15 is 0 Å². The van der Waals surface area contributed by atoms with Crippen molar-refractivity contribution in [2.24, 2.45) is 17.7 Å². The number of nitrogens with one attached hydrogen (secondary N) is 2. The lowest BCUT2D eigenvalue weighted by Crippen LogP contribution is -2.25. The van der Waals surface area contributed by atoms with Gasteiger partial charge >= 0.3 is 0 Å². The van der Waals surface area contributed by atoms with Crippen molar-refractivity contribution in [2.75, 3.05) is 17.0 Å². The van der Waals surface area contributed by atoms with Crippen LogP contribution >= 0.6 is 11.8 Å². The molecule has 1 aromatic rings. The molecule has 2 rings (SSSR count). The maximum Gasteiger partial charge on any atom is 0.191 e. The van der Waals surface area contributed by atoms with Gasteiger partial charge in [-0.3, -0.25) is 0 Å². The molecule has 6 heteroatoms. The van der Waals surface area contributed by atoms with E-state index in [4.69, 9.17) is 5.84 Å². The van der Waals surface area contributed by atoms with E-state index < -0.39 is 0 Å². The van der Waals surface area contributed by atoms with E-state index in [9.17, 15) is 0 Å². The highest BCUT2D eigenvalue weighted by molar-refractivity contribution is 7.98. The first-order valence-corrected chi connectivity index (χ1v) is 7.52. The number of thioether (sulfide) groups is 1. The normalized spacial score (nSPS) is 27.2. The summed E-state index contributed by atoms with van der Waals surface area (Å²) >= 11 is 1.51. The number of aromatic nitrogens is 2. The average Bonchev–Trinajstić information content (AvgIpc) is 2.70. The Balaban J connectivity index is 2.13. The molecule has 1 aliphatic carbocycles. The average molecular weight is 267 g/mol. The number of nitrogens with two attached hydrogens (primary N) is 1. The molecule has 5 nitrogen and oxygen atoms in total. The predicted octanol–water partition coefficient (Wildman–Crippen LogP) is 2.33. The maximum atomic E-state index is 5.42. The van der Waals surface area contributed by atoms with Crippen molar-refractivity contribution in [3.05, 3.63) is 6.07 Å². The second-order valence-corrected chi connectivity index (χ2v) is 5.71. The van der Waals surface area contributed by atoms with E-state index in [-0.39, 0.29) is 0 Å². The van der Waals surface area contributed by atoms with Gasteiger partial charge in [0.1, 0.15) is 11.6 Å². The van der Waals surface area contributed by atoms with Gasteiger partial charge in [-0.1, -0.05) is 25.6 Å². The lowest BCUT2D eigenvalue weighted by atomic mass is 9.98. The van der Waals surface area contributed by atoms with Crippen LogP contribution in [0.5, 0.6) is 0 Å². The van der Waals surface area contributed by atoms with E-state index in [0.29, 0.717) is 17.8 Å². The highest BCUT2D eigenvalue weighted by Gasteiger charge is 2.29. The standard InChI is InChI=1S/C12H21N5S/c1-7-4-5-9(8(7)2)14-10-6-11(17-13)16-12(15-10)18-3/h6-9H,4-5,13H2,1-3H3,(H2,14,15,16,17). The number of rotatable bonds is 4. The van der Waals surface area contributed by atoms with E-state index in [2.05, 4.69) is 34.6 Å². The number of nitrogens with zero attached hydrogens (tertiary/aromatic N) is 2. The Morgan fingerprint density at radius 1 is 1.28 bits per heavy atom. The van der Waals surface area contributed by atoms with Gasteiger partial charge < -0.3 is 10.7 Å². The Morgan fingerprint density at radius 3 is 2.56 bits per heavy atom. The van der Waals surface area contributed by atoms with Gasteiger partial charge in [-0.15, -0.1) is 0 Å². The Hall–Kier alpha value is -1.01. The lowest BCUT2D eigenvalue weighted by Gasteiger charge is -2.20. The minimum Gasteiger partial charge on any atom is -0.367 e. The van der Waals surface area contributed by atoms with Crippen LogP contribution < -0.4 is 16.6 Å². The van der Waals surface area contributed by atoms with Crippen LogP contribution in [0.25, 0.3) is 0 Å². The smallest absolute Gasteiger partial charge is 0.191 e. The van der Waals surface area contributed by atoms with Crippen molar-refractivity contribution in [1.29, 1.82) is 0 Å². The molecule has 0 aliphatic heterocycles. The van der Waals surface area contributed by atoms with Gasteiger partial charge in [0.25, 0.3) is 0 Å². The fourth-order valence-electron chi connectivity index (χ4n) is 2.42. The second-order valence-electron chi connectivity index (χ2n) is 4.93. The molecule has 1 heterocycles. The first kappa shape index (κ1) is 13.4. The Labute approximate surface area is 112 Å². The molecule has 3 unspecified atom stereocenters. The molecular weight excluding hydrogens is 246 g/mol. The predicted molar refractivity (Wildman–Crippen MR) is 76.6 cm³/mol. The van der Waals surface area contributed by atoms with Crippen LogP contribution in [-0.2, 0) is 0 Å². The lowest BCUT2D eigenvalue weighted by molar-refractivity contribution is 0.435. The number of nitrogen functional groups attached to an aromatic ring is 1. The summed E-state index contributed by atoms with van der Waals surface area (Å²) in [7, 11) is 0. The zero-order chi connectivity index (χ0) is 13.1. The number of hydrogen-bond acceptors (Lipinski definition) is 6. The summed E-state index contributed by atoms with van der Waals surface area (Å²) in [6.07, 6.45) is 4.44. The Kier molecular flexibility index (Phi) is 4.29. The topological polar surface area (TPSA) is 75.9 Å². The van der Waals surface area contributed by atoms with Gasteiger partial charge in [0.15, 0.2) is 5.16 Å². The molecule has 1 aliphatic rings. The molecule has 0 amide bonds. The minimum absolute atomic E-state index is 0.496. The zero-order valence-corrected chi connectivity index (χ0v) is 11.9. The monoisotopic (exact) mass is 267 g/mol. The molecule has 0 radical (unpaired) electrons. The molecule has 3 atom stereocenters. The van der Waals surface area contributed by atoms with Crippen LogP contribution in [0.4, 0.5) is 11.6 Å². The number of hydrogen-bond donors (Lipinski definition) is 3. The van der Waals surface area contributed by atoms with Gasteiger partial charge in [0.2, 0.25) is 0 Å². The fourth-order valence-corrected chi connectivity index (χ4v) is 2.80. The number of anilines is 2. The fraction of sp³-hybridized carbons (Fsp3) is 0.667. The molecule has 4 N–H and O–H groups in total. The highest BCUT2D eigenvalue weighted by atomic mass is 32.2. The van der Waals surface area contributed by atoms with Crippen LogP contribution in [0.1, 0.15) is 26.7 Å². The Morgan fingerprint density at radius 2 is 2.00 bits per heavy atom. The van der Waals surface area contributed by atoms with Crippen LogP contribution in [0.3, 0.4) is 0 Å². The van der Waals surface area contributed by atoms with E-state index in [0.717, 1.165) is 16.9 Å². The van der Waals surface area contributed by atoms with Gasteiger partial charge in [-0.05, 0) is 30.9 Å². The van der Waals surface area contributed by atoms with Gasteiger partial charge in [0.05, 0.1) is 0 Å². The van der Waals surface area contributed by atoms with Crippen molar-refractivity contribution < 1.29 is 0 Å². The van der Waals surface area contributed by atoms with Crippen LogP contribution in [0.15, 0.2) is 11.2 Å². The van der Waals surface area contributed by atoms with Crippen molar-refractivity contribution >= 4 is 23.4 Å². The third-order valence-corrected chi connectivity index (χ3v) is 4.38. The molecule has 18 heavy (non-hydrogen) atoms. The zero-order valence-electron chi connectivity index (χ0n) is 11.1. The first-order chi connectivity index (χ1) is 8.63. The van der Waals surface area contributed by atoms with Crippen LogP contribution in [0, 0.1) is 11.8 Å². The summed E-state index contributed by atoms with van der Waals surface area (Å²) in [6.45, 7) is 4.61. The molecule has 0 bridgehead atoms. The maximum absolute atomic E-state index is 5.42. The minimum atomic E-state index is 0.496. The first-order valence-electron chi connectivity index (χ1n) is 6.30. The molecule has 1 fully saturated rings. The van der Waals surface area contributed by atoms with Crippen molar-refractivity contribution in [3.8, 4) is 0 Å². The van der Waals surface area contributed by atoms with Gasteiger partial charge in [-0.2, -0.15) is 0 Å². The molecule has 0 saturated heterocycles. The van der Waals surface area contributed by atoms with Crippen LogP contribution in [0.2, 0.25) is 0 Å². The third kappa shape index (κ3) is 2.87. The van der Waals surface area contributed by atoms with E-state index in [1.807, 2.05) is 12.3 Å². The van der Waals surface area contributed by atoms with E-state index in [1.54, 1.807) is 0 Å². The molecule has 100 valence electrons. The summed E-state index contributed by atoms with van der Waals surface area (Å²) in [4.78, 5) is 8.72. The molecule has 1 saturated carbocycles. The van der Waals surface area contributed by atoms with Crippen LogP contribution in [-0.4, -0.2) is 22.3 Å². The summed E-state index contributed by atoms with van der Waals surface area (Å²) in [5.41, 5.74) is 2.58. The van der Waals surface area contributed by atoms with Crippen molar-refractivity contribution in [2.45, 2.75) is 37.9 Å². The van der Waals surface area contributed by atoms with Gasteiger partial charge in [0, 0.05) is 12.1 Å². The summed E-state index contributed by atoms with van der Waals surface area (Å²) < 4.78 is 0. The highest BCUT2D eigenvalue weighted by Crippen LogP contribution is 2.33. The SMILES string of the molecule is CSc1nc(NN)cc(NC2CCC(C)C2C)n1. The van der Waals surface area contributed by atoms with E-state index in [1.165, 1.54) is 24.6 Å².